The second-order valence-electron chi connectivity index (χ2n) is 6.07. The van der Waals surface area contributed by atoms with Crippen molar-refractivity contribution in [2.45, 2.75) is 19.3 Å². The van der Waals surface area contributed by atoms with Crippen molar-refractivity contribution in [2.24, 2.45) is 5.92 Å². The maximum atomic E-state index is 11.8. The van der Waals surface area contributed by atoms with Crippen LogP contribution in [0.1, 0.15) is 24.8 Å². The number of benzene rings is 1. The van der Waals surface area contributed by atoms with Crippen molar-refractivity contribution in [3.63, 3.8) is 0 Å². The van der Waals surface area contributed by atoms with Crippen LogP contribution in [0.15, 0.2) is 30.3 Å². The molecule has 0 radical (unpaired) electrons. The van der Waals surface area contributed by atoms with E-state index in [2.05, 4.69) is 34.5 Å². The summed E-state index contributed by atoms with van der Waals surface area (Å²) in [5.74, 6) is 0.703. The van der Waals surface area contributed by atoms with Crippen LogP contribution in [0.3, 0.4) is 0 Å². The lowest BCUT2D eigenvalue weighted by Crippen LogP contribution is -2.36. The number of anilines is 1. The molecule has 0 unspecified atom stereocenters. The van der Waals surface area contributed by atoms with E-state index in [4.69, 9.17) is 4.74 Å². The largest absolute Gasteiger partial charge is 0.378 e. The summed E-state index contributed by atoms with van der Waals surface area (Å²) in [6, 6.07) is 8.33. The Bertz CT molecular complexity index is 514. The number of morpholine rings is 1. The predicted octanol–water partition coefficient (Wildman–Crippen LogP) is 2.45. The lowest BCUT2D eigenvalue weighted by Gasteiger charge is -2.28. The Balaban J connectivity index is 1.49. The summed E-state index contributed by atoms with van der Waals surface area (Å²) in [5, 5.41) is 2.97. The van der Waals surface area contributed by atoms with Gasteiger partial charge in [-0.1, -0.05) is 18.6 Å². The number of rotatable bonds is 5. The lowest BCUT2D eigenvalue weighted by atomic mass is 9.85. The second-order valence-corrected chi connectivity index (χ2v) is 6.07. The first kappa shape index (κ1) is 15.1. The molecule has 22 heavy (non-hydrogen) atoms. The Hall–Kier alpha value is -1.81. The highest BCUT2D eigenvalue weighted by atomic mass is 16.5. The molecule has 1 aromatic rings. The van der Waals surface area contributed by atoms with Gasteiger partial charge in [-0.3, -0.25) is 4.79 Å². The number of carbonyl (C=O) groups excluding carboxylic acids is 1. The Morgan fingerprint density at radius 3 is 2.59 bits per heavy atom. The lowest BCUT2D eigenvalue weighted by molar-refractivity contribution is -0.116. The van der Waals surface area contributed by atoms with Crippen LogP contribution in [0.25, 0.3) is 6.08 Å². The summed E-state index contributed by atoms with van der Waals surface area (Å²) < 4.78 is 5.36. The molecule has 4 heteroatoms. The van der Waals surface area contributed by atoms with Crippen LogP contribution in [0.5, 0.6) is 0 Å². The fourth-order valence-corrected chi connectivity index (χ4v) is 2.79. The molecule has 1 amide bonds. The third-order valence-corrected chi connectivity index (χ3v) is 4.49. The van der Waals surface area contributed by atoms with E-state index in [1.807, 2.05) is 6.08 Å². The maximum absolute atomic E-state index is 11.8. The number of nitrogens with zero attached hydrogens (tertiary/aromatic N) is 1. The van der Waals surface area contributed by atoms with Gasteiger partial charge in [0.1, 0.15) is 0 Å². The van der Waals surface area contributed by atoms with Gasteiger partial charge < -0.3 is 15.0 Å². The zero-order valence-electron chi connectivity index (χ0n) is 13.0. The molecule has 0 bridgehead atoms. The van der Waals surface area contributed by atoms with Crippen molar-refractivity contribution in [2.75, 3.05) is 37.7 Å². The van der Waals surface area contributed by atoms with Gasteiger partial charge in [0, 0.05) is 31.4 Å². The number of nitrogens with one attached hydrogen (secondary N) is 1. The third-order valence-electron chi connectivity index (χ3n) is 4.49. The molecule has 0 aromatic heterocycles. The van der Waals surface area contributed by atoms with E-state index in [1.165, 1.54) is 24.9 Å². The summed E-state index contributed by atoms with van der Waals surface area (Å²) in [5.41, 5.74) is 2.27. The highest BCUT2D eigenvalue weighted by Gasteiger charge is 2.17. The van der Waals surface area contributed by atoms with Gasteiger partial charge in [0.25, 0.3) is 0 Å². The smallest absolute Gasteiger partial charge is 0.244 e. The summed E-state index contributed by atoms with van der Waals surface area (Å²) in [4.78, 5) is 14.1. The fraction of sp³-hybridized carbons (Fsp3) is 0.500. The number of hydrogen-bond donors (Lipinski definition) is 1. The maximum Gasteiger partial charge on any atom is 0.244 e. The van der Waals surface area contributed by atoms with Crippen molar-refractivity contribution in [1.29, 1.82) is 0 Å². The van der Waals surface area contributed by atoms with Gasteiger partial charge in [-0.2, -0.15) is 0 Å². The highest BCUT2D eigenvalue weighted by molar-refractivity contribution is 5.91. The minimum absolute atomic E-state index is 0.00385. The van der Waals surface area contributed by atoms with Crippen LogP contribution in [0.2, 0.25) is 0 Å². The van der Waals surface area contributed by atoms with Crippen LogP contribution in [-0.4, -0.2) is 38.8 Å². The van der Waals surface area contributed by atoms with Gasteiger partial charge in [-0.15, -0.1) is 0 Å². The fourth-order valence-electron chi connectivity index (χ4n) is 2.79. The molecule has 0 spiro atoms. The van der Waals surface area contributed by atoms with Crippen LogP contribution in [0.4, 0.5) is 5.69 Å². The Kier molecular flexibility index (Phi) is 5.11. The molecule has 1 heterocycles. The molecule has 118 valence electrons. The van der Waals surface area contributed by atoms with E-state index < -0.39 is 0 Å². The first-order valence-electron chi connectivity index (χ1n) is 8.20. The van der Waals surface area contributed by atoms with Crippen LogP contribution >= 0.6 is 0 Å². The molecule has 1 N–H and O–H groups in total. The minimum atomic E-state index is 0.00385. The quantitative estimate of drug-likeness (QED) is 0.849. The summed E-state index contributed by atoms with van der Waals surface area (Å²) in [7, 11) is 0. The third kappa shape index (κ3) is 4.10. The number of ether oxygens (including phenoxy) is 1. The molecule has 1 aromatic carbocycles. The van der Waals surface area contributed by atoms with Crippen LogP contribution < -0.4 is 10.2 Å². The molecule has 4 nitrogen and oxygen atoms in total. The van der Waals surface area contributed by atoms with E-state index in [9.17, 15) is 4.79 Å². The van der Waals surface area contributed by atoms with E-state index in [0.29, 0.717) is 5.92 Å². The number of amides is 1. The van der Waals surface area contributed by atoms with Crippen molar-refractivity contribution in [3.05, 3.63) is 35.9 Å². The van der Waals surface area contributed by atoms with Gasteiger partial charge in [-0.25, -0.2) is 0 Å². The monoisotopic (exact) mass is 300 g/mol. The summed E-state index contributed by atoms with van der Waals surface area (Å²) in [6.07, 6.45) is 7.33. The zero-order valence-corrected chi connectivity index (χ0v) is 13.0. The van der Waals surface area contributed by atoms with Crippen LogP contribution in [-0.2, 0) is 9.53 Å². The molecule has 3 rings (SSSR count). The van der Waals surface area contributed by atoms with Crippen molar-refractivity contribution in [3.8, 4) is 0 Å². The molecule has 1 aliphatic heterocycles. The van der Waals surface area contributed by atoms with Crippen LogP contribution in [0, 0.1) is 5.92 Å². The minimum Gasteiger partial charge on any atom is -0.378 e. The van der Waals surface area contributed by atoms with Crippen molar-refractivity contribution >= 4 is 17.7 Å². The first-order chi connectivity index (χ1) is 10.8. The van der Waals surface area contributed by atoms with E-state index in [-0.39, 0.29) is 5.91 Å². The molecule has 1 saturated carbocycles. The molecule has 1 saturated heterocycles. The predicted molar refractivity (Wildman–Crippen MR) is 88.9 cm³/mol. The molecule has 2 aliphatic rings. The average Bonchev–Trinajstić information content (AvgIpc) is 2.53. The molecule has 2 fully saturated rings. The number of hydrogen-bond acceptors (Lipinski definition) is 3. The topological polar surface area (TPSA) is 41.6 Å². The van der Waals surface area contributed by atoms with E-state index in [0.717, 1.165) is 38.4 Å². The van der Waals surface area contributed by atoms with Crippen molar-refractivity contribution < 1.29 is 9.53 Å². The van der Waals surface area contributed by atoms with E-state index in [1.54, 1.807) is 6.08 Å². The van der Waals surface area contributed by atoms with Crippen molar-refractivity contribution in [1.82, 2.24) is 5.32 Å². The van der Waals surface area contributed by atoms with Gasteiger partial charge in [0.2, 0.25) is 5.91 Å². The molecule has 0 atom stereocenters. The first-order valence-corrected chi connectivity index (χ1v) is 8.20. The normalized spacial score (nSPS) is 19.2. The standard InChI is InChI=1S/C18H24N2O2/c21-18(19-14-16-2-1-3-16)9-6-15-4-7-17(8-5-15)20-10-12-22-13-11-20/h4-9,16H,1-3,10-14H2,(H,19,21). The molecular formula is C18H24N2O2. The zero-order chi connectivity index (χ0) is 15.2. The molecular weight excluding hydrogens is 276 g/mol. The Labute approximate surface area is 132 Å². The average molecular weight is 300 g/mol. The summed E-state index contributed by atoms with van der Waals surface area (Å²) in [6.45, 7) is 4.29. The Morgan fingerprint density at radius 1 is 1.23 bits per heavy atom. The van der Waals surface area contributed by atoms with E-state index >= 15 is 0 Å². The van der Waals surface area contributed by atoms with Gasteiger partial charge in [0.15, 0.2) is 0 Å². The van der Waals surface area contributed by atoms with Gasteiger partial charge in [-0.05, 0) is 42.5 Å². The molecule has 1 aliphatic carbocycles. The Morgan fingerprint density at radius 2 is 1.95 bits per heavy atom. The second kappa shape index (κ2) is 7.45. The number of carbonyl (C=O) groups is 1. The summed E-state index contributed by atoms with van der Waals surface area (Å²) >= 11 is 0. The SMILES string of the molecule is O=C(C=Cc1ccc(N2CCOCC2)cc1)NCC1CCC1. The van der Waals surface area contributed by atoms with Gasteiger partial charge >= 0.3 is 0 Å². The highest BCUT2D eigenvalue weighted by Crippen LogP contribution is 2.25. The van der Waals surface area contributed by atoms with Gasteiger partial charge in [0.05, 0.1) is 13.2 Å².